The van der Waals surface area contributed by atoms with Crippen LogP contribution in [0.1, 0.15) is 27.2 Å². The Morgan fingerprint density at radius 3 is 2.47 bits per heavy atom. The maximum Gasteiger partial charge on any atom is 0.248 e. The molecule has 4 nitrogen and oxygen atoms in total. The van der Waals surface area contributed by atoms with E-state index in [0.717, 1.165) is 44.1 Å². The van der Waals surface area contributed by atoms with E-state index < -0.39 is 0 Å². The third-order valence-electron chi connectivity index (χ3n) is 3.03. The number of amides is 1. The van der Waals surface area contributed by atoms with Crippen LogP contribution in [0.3, 0.4) is 0 Å². The summed E-state index contributed by atoms with van der Waals surface area (Å²) in [4.78, 5) is 16.0. The average molecular weight is 290 g/mol. The Labute approximate surface area is 122 Å². The van der Waals surface area contributed by atoms with E-state index in [0.29, 0.717) is 6.61 Å². The highest BCUT2D eigenvalue weighted by atomic mass is 32.2. The molecule has 0 saturated heterocycles. The van der Waals surface area contributed by atoms with Crippen molar-refractivity contribution in [3.63, 3.8) is 0 Å². The summed E-state index contributed by atoms with van der Waals surface area (Å²) in [5, 5.41) is 0. The van der Waals surface area contributed by atoms with E-state index in [1.54, 1.807) is 0 Å². The van der Waals surface area contributed by atoms with Crippen LogP contribution >= 0.6 is 11.8 Å². The quantitative estimate of drug-likeness (QED) is 0.514. The van der Waals surface area contributed by atoms with Crippen molar-refractivity contribution in [3.05, 3.63) is 0 Å². The van der Waals surface area contributed by atoms with Gasteiger partial charge >= 0.3 is 0 Å². The standard InChI is InChI=1S/C14H30N2O2S/c1-5-15(4)9-10-16(6-2)14(17)13-18-11-8-12-19-7-3/h5-13H2,1-4H3. The largest absolute Gasteiger partial charge is 0.372 e. The molecule has 0 aliphatic heterocycles. The third-order valence-corrected chi connectivity index (χ3v) is 4.02. The van der Waals surface area contributed by atoms with E-state index in [-0.39, 0.29) is 12.5 Å². The minimum absolute atomic E-state index is 0.107. The molecule has 0 aromatic carbocycles. The van der Waals surface area contributed by atoms with Gasteiger partial charge in [-0.25, -0.2) is 0 Å². The van der Waals surface area contributed by atoms with E-state index >= 15 is 0 Å². The number of hydrogen-bond acceptors (Lipinski definition) is 4. The molecule has 1 amide bonds. The summed E-state index contributed by atoms with van der Waals surface area (Å²) >= 11 is 1.91. The molecule has 0 spiro atoms. The number of ether oxygens (including phenoxy) is 1. The van der Waals surface area contributed by atoms with E-state index in [4.69, 9.17) is 4.74 Å². The van der Waals surface area contributed by atoms with Gasteiger partial charge in [0, 0.05) is 26.2 Å². The van der Waals surface area contributed by atoms with Gasteiger partial charge in [0.2, 0.25) is 5.91 Å². The SMILES string of the molecule is CCSCCCOCC(=O)N(CC)CCN(C)CC. The number of carbonyl (C=O) groups excluding carboxylic acids is 1. The molecule has 0 N–H and O–H groups in total. The van der Waals surface area contributed by atoms with E-state index in [2.05, 4.69) is 25.8 Å². The Hall–Kier alpha value is -0.260. The first-order valence-corrected chi connectivity index (χ1v) is 8.42. The van der Waals surface area contributed by atoms with Gasteiger partial charge in [-0.05, 0) is 38.4 Å². The molecule has 0 radical (unpaired) electrons. The molecular formula is C14H30N2O2S. The molecule has 0 atom stereocenters. The fourth-order valence-electron chi connectivity index (χ4n) is 1.57. The van der Waals surface area contributed by atoms with Gasteiger partial charge in [-0.3, -0.25) is 4.79 Å². The van der Waals surface area contributed by atoms with Gasteiger partial charge in [-0.2, -0.15) is 11.8 Å². The Morgan fingerprint density at radius 2 is 1.89 bits per heavy atom. The van der Waals surface area contributed by atoms with Crippen molar-refractivity contribution in [2.75, 3.05) is 57.9 Å². The number of hydrogen-bond donors (Lipinski definition) is 0. The minimum Gasteiger partial charge on any atom is -0.372 e. The van der Waals surface area contributed by atoms with Crippen molar-refractivity contribution in [1.29, 1.82) is 0 Å². The van der Waals surface area contributed by atoms with Crippen molar-refractivity contribution in [3.8, 4) is 0 Å². The zero-order chi connectivity index (χ0) is 14.5. The number of carbonyl (C=O) groups is 1. The lowest BCUT2D eigenvalue weighted by atomic mass is 10.4. The van der Waals surface area contributed by atoms with Gasteiger partial charge in [0.25, 0.3) is 0 Å². The maximum atomic E-state index is 11.9. The summed E-state index contributed by atoms with van der Waals surface area (Å²) in [6.45, 7) is 10.7. The summed E-state index contributed by atoms with van der Waals surface area (Å²) in [6.07, 6.45) is 1.02. The topological polar surface area (TPSA) is 32.8 Å². The van der Waals surface area contributed by atoms with Crippen LogP contribution in [0.2, 0.25) is 0 Å². The van der Waals surface area contributed by atoms with Crippen molar-refractivity contribution < 1.29 is 9.53 Å². The fourth-order valence-corrected chi connectivity index (χ4v) is 2.18. The summed E-state index contributed by atoms with van der Waals surface area (Å²) in [5.41, 5.74) is 0. The molecule has 114 valence electrons. The van der Waals surface area contributed by atoms with Crippen LogP contribution in [-0.2, 0) is 9.53 Å². The second-order valence-electron chi connectivity index (χ2n) is 4.47. The maximum absolute atomic E-state index is 11.9. The van der Waals surface area contributed by atoms with E-state index in [1.807, 2.05) is 23.6 Å². The smallest absolute Gasteiger partial charge is 0.248 e. The van der Waals surface area contributed by atoms with Crippen LogP contribution in [0, 0.1) is 0 Å². The highest BCUT2D eigenvalue weighted by Crippen LogP contribution is 2.01. The predicted octanol–water partition coefficient (Wildman–Crippen LogP) is 1.95. The van der Waals surface area contributed by atoms with E-state index in [9.17, 15) is 4.79 Å². The van der Waals surface area contributed by atoms with Gasteiger partial charge in [0.15, 0.2) is 0 Å². The second kappa shape index (κ2) is 12.8. The predicted molar refractivity (Wildman–Crippen MR) is 83.9 cm³/mol. The molecule has 0 unspecified atom stereocenters. The fraction of sp³-hybridized carbons (Fsp3) is 0.929. The summed E-state index contributed by atoms with van der Waals surface area (Å²) in [6, 6.07) is 0. The molecule has 0 aromatic heterocycles. The molecule has 0 aromatic rings. The highest BCUT2D eigenvalue weighted by Gasteiger charge is 2.11. The molecule has 0 rings (SSSR count). The first kappa shape index (κ1) is 18.7. The normalized spacial score (nSPS) is 11.0. The van der Waals surface area contributed by atoms with Crippen molar-refractivity contribution in [1.82, 2.24) is 9.80 Å². The molecule has 5 heteroatoms. The van der Waals surface area contributed by atoms with E-state index in [1.165, 1.54) is 0 Å². The molecule has 0 aliphatic carbocycles. The van der Waals surface area contributed by atoms with Crippen LogP contribution in [0.25, 0.3) is 0 Å². The molecule has 0 bridgehead atoms. The van der Waals surface area contributed by atoms with Crippen LogP contribution < -0.4 is 0 Å². The van der Waals surface area contributed by atoms with Gasteiger partial charge < -0.3 is 14.5 Å². The highest BCUT2D eigenvalue weighted by molar-refractivity contribution is 7.99. The number of nitrogens with zero attached hydrogens (tertiary/aromatic N) is 2. The number of likely N-dealkylation sites (N-methyl/N-ethyl adjacent to an activating group) is 2. The molecule has 0 fully saturated rings. The second-order valence-corrected chi connectivity index (χ2v) is 5.87. The average Bonchev–Trinajstić information content (AvgIpc) is 2.42. The summed E-state index contributed by atoms with van der Waals surface area (Å²) in [5.74, 6) is 2.37. The first-order chi connectivity index (χ1) is 9.15. The van der Waals surface area contributed by atoms with Crippen LogP contribution in [0.4, 0.5) is 0 Å². The van der Waals surface area contributed by atoms with Crippen LogP contribution in [0.15, 0.2) is 0 Å². The lowest BCUT2D eigenvalue weighted by Gasteiger charge is -2.23. The molecule has 0 aliphatic rings. The zero-order valence-electron chi connectivity index (χ0n) is 13.0. The Kier molecular flexibility index (Phi) is 12.6. The van der Waals surface area contributed by atoms with Gasteiger partial charge in [0.1, 0.15) is 6.61 Å². The Bertz CT molecular complexity index is 227. The molecule has 0 saturated carbocycles. The lowest BCUT2D eigenvalue weighted by molar-refractivity contribution is -0.136. The summed E-state index contributed by atoms with van der Waals surface area (Å²) < 4.78 is 5.44. The number of thioether (sulfide) groups is 1. The Balaban J connectivity index is 3.70. The first-order valence-electron chi connectivity index (χ1n) is 7.27. The molecular weight excluding hydrogens is 260 g/mol. The van der Waals surface area contributed by atoms with Crippen molar-refractivity contribution in [2.24, 2.45) is 0 Å². The summed E-state index contributed by atoms with van der Waals surface area (Å²) in [7, 11) is 2.07. The van der Waals surface area contributed by atoms with Crippen LogP contribution in [-0.4, -0.2) is 73.7 Å². The number of rotatable bonds is 12. The van der Waals surface area contributed by atoms with Gasteiger partial charge in [0.05, 0.1) is 0 Å². The van der Waals surface area contributed by atoms with Gasteiger partial charge in [-0.1, -0.05) is 13.8 Å². The van der Waals surface area contributed by atoms with Gasteiger partial charge in [-0.15, -0.1) is 0 Å². The Morgan fingerprint density at radius 1 is 1.16 bits per heavy atom. The zero-order valence-corrected chi connectivity index (χ0v) is 13.8. The molecule has 0 heterocycles. The van der Waals surface area contributed by atoms with Crippen LogP contribution in [0.5, 0.6) is 0 Å². The molecule has 19 heavy (non-hydrogen) atoms. The third kappa shape index (κ3) is 10.2. The van der Waals surface area contributed by atoms with Crippen molar-refractivity contribution >= 4 is 17.7 Å². The van der Waals surface area contributed by atoms with Crippen molar-refractivity contribution in [2.45, 2.75) is 27.2 Å². The lowest BCUT2D eigenvalue weighted by Crippen LogP contribution is -2.39. The minimum atomic E-state index is 0.107. The monoisotopic (exact) mass is 290 g/mol.